The van der Waals surface area contributed by atoms with Gasteiger partial charge in [-0.1, -0.05) is 0 Å². The van der Waals surface area contributed by atoms with E-state index >= 15 is 0 Å². The third-order valence-electron chi connectivity index (χ3n) is 2.80. The number of aliphatic carboxylic acids is 1. The highest BCUT2D eigenvalue weighted by atomic mass is 32.2. The van der Waals surface area contributed by atoms with Gasteiger partial charge in [0.2, 0.25) is 0 Å². The fraction of sp³-hybridized carbons (Fsp3) is 0.333. The molecule has 0 radical (unpaired) electrons. The Balaban J connectivity index is 2.11. The Morgan fingerprint density at radius 2 is 2.41 bits per heavy atom. The third kappa shape index (κ3) is 2.71. The zero-order valence-electron chi connectivity index (χ0n) is 9.22. The molecular weight excluding hydrogens is 236 g/mol. The van der Waals surface area contributed by atoms with Gasteiger partial charge >= 0.3 is 5.97 Å². The van der Waals surface area contributed by atoms with Crippen molar-refractivity contribution >= 4 is 23.4 Å². The molecule has 1 heterocycles. The van der Waals surface area contributed by atoms with Gasteiger partial charge in [-0.15, -0.1) is 0 Å². The van der Waals surface area contributed by atoms with Crippen LogP contribution in [0.4, 0.5) is 5.69 Å². The zero-order chi connectivity index (χ0) is 12.3. The zero-order valence-corrected chi connectivity index (χ0v) is 10.0. The molecule has 0 unspecified atom stereocenters. The molecule has 0 atom stereocenters. The summed E-state index contributed by atoms with van der Waals surface area (Å²) in [6, 6.07) is 5.90. The van der Waals surface area contributed by atoms with Crippen molar-refractivity contribution < 1.29 is 9.90 Å². The number of hydrogen-bond acceptors (Lipinski definition) is 4. The van der Waals surface area contributed by atoms with Crippen LogP contribution in [0.5, 0.6) is 0 Å². The predicted molar refractivity (Wildman–Crippen MR) is 66.1 cm³/mol. The number of thiocyanates is 1. The van der Waals surface area contributed by atoms with Gasteiger partial charge in [-0.05, 0) is 41.9 Å². The fourth-order valence-electron chi connectivity index (χ4n) is 2.03. The number of carboxylic acids is 1. The summed E-state index contributed by atoms with van der Waals surface area (Å²) >= 11 is 1.15. The number of hydrogen-bond donors (Lipinski definition) is 1. The lowest BCUT2D eigenvalue weighted by molar-refractivity contribution is -0.136. The minimum Gasteiger partial charge on any atom is -0.481 e. The molecule has 0 fully saturated rings. The van der Waals surface area contributed by atoms with Gasteiger partial charge < -0.3 is 10.0 Å². The first kappa shape index (κ1) is 11.8. The summed E-state index contributed by atoms with van der Waals surface area (Å²) in [6.45, 7) is 1.41. The summed E-state index contributed by atoms with van der Waals surface area (Å²) in [7, 11) is 0. The van der Waals surface area contributed by atoms with Crippen molar-refractivity contribution in [2.24, 2.45) is 0 Å². The molecule has 0 spiro atoms. The summed E-state index contributed by atoms with van der Waals surface area (Å²) in [4.78, 5) is 13.6. The maximum Gasteiger partial charge on any atom is 0.305 e. The first-order valence-electron chi connectivity index (χ1n) is 5.36. The van der Waals surface area contributed by atoms with Crippen LogP contribution in [0.25, 0.3) is 0 Å². The minimum atomic E-state index is -0.768. The Hall–Kier alpha value is -1.67. The fourth-order valence-corrected chi connectivity index (χ4v) is 2.47. The van der Waals surface area contributed by atoms with Crippen molar-refractivity contribution in [3.8, 4) is 5.40 Å². The molecule has 2 rings (SSSR count). The van der Waals surface area contributed by atoms with Crippen LogP contribution in [0.1, 0.15) is 12.0 Å². The van der Waals surface area contributed by atoms with Gasteiger partial charge in [0.15, 0.2) is 0 Å². The molecule has 0 aliphatic carbocycles. The monoisotopic (exact) mass is 248 g/mol. The lowest BCUT2D eigenvalue weighted by atomic mass is 10.2. The highest BCUT2D eigenvalue weighted by molar-refractivity contribution is 8.03. The standard InChI is InChI=1S/C12H12N2O2S/c13-8-17-10-1-2-11-9(7-10)3-5-14(11)6-4-12(15)16/h1-2,7H,3-6H2,(H,15,16). The number of anilines is 1. The molecule has 1 aliphatic heterocycles. The molecule has 0 saturated carbocycles. The number of carbonyl (C=O) groups is 1. The topological polar surface area (TPSA) is 64.3 Å². The van der Waals surface area contributed by atoms with E-state index in [2.05, 4.69) is 10.3 Å². The quantitative estimate of drug-likeness (QED) is 0.653. The number of nitrogens with zero attached hydrogens (tertiary/aromatic N) is 2. The lowest BCUT2D eigenvalue weighted by Gasteiger charge is -2.18. The van der Waals surface area contributed by atoms with Gasteiger partial charge in [-0.3, -0.25) is 4.79 Å². The summed E-state index contributed by atoms with van der Waals surface area (Å²) in [5.74, 6) is -0.768. The molecule has 1 aliphatic rings. The number of fused-ring (bicyclic) bond motifs is 1. The molecule has 88 valence electrons. The average molecular weight is 248 g/mol. The molecular formula is C12H12N2O2S. The number of nitriles is 1. The van der Waals surface area contributed by atoms with E-state index in [9.17, 15) is 4.79 Å². The van der Waals surface area contributed by atoms with E-state index in [4.69, 9.17) is 10.4 Å². The Bertz CT molecular complexity index is 482. The molecule has 5 heteroatoms. The van der Waals surface area contributed by atoms with Gasteiger partial charge in [0.25, 0.3) is 0 Å². The number of rotatable bonds is 4. The molecule has 1 N–H and O–H groups in total. The maximum absolute atomic E-state index is 10.5. The number of thioether (sulfide) groups is 1. The molecule has 1 aromatic rings. The summed E-state index contributed by atoms with van der Waals surface area (Å²) < 4.78 is 0. The predicted octanol–water partition coefficient (Wildman–Crippen LogP) is 2.10. The largest absolute Gasteiger partial charge is 0.481 e. The van der Waals surface area contributed by atoms with E-state index in [1.807, 2.05) is 18.2 Å². The minimum absolute atomic E-state index is 0.161. The second kappa shape index (κ2) is 5.11. The summed E-state index contributed by atoms with van der Waals surface area (Å²) in [5, 5.41) is 19.3. The van der Waals surface area contributed by atoms with E-state index < -0.39 is 5.97 Å². The van der Waals surface area contributed by atoms with Crippen molar-refractivity contribution in [3.63, 3.8) is 0 Å². The molecule has 0 amide bonds. The van der Waals surface area contributed by atoms with E-state index in [0.29, 0.717) is 6.54 Å². The smallest absolute Gasteiger partial charge is 0.305 e. The van der Waals surface area contributed by atoms with Gasteiger partial charge in [0, 0.05) is 23.7 Å². The second-order valence-corrected chi connectivity index (χ2v) is 4.72. The van der Waals surface area contributed by atoms with Crippen LogP contribution >= 0.6 is 11.8 Å². The van der Waals surface area contributed by atoms with Crippen LogP contribution in [-0.4, -0.2) is 24.2 Å². The third-order valence-corrected chi connectivity index (χ3v) is 3.38. The van der Waals surface area contributed by atoms with Crippen molar-refractivity contribution in [2.45, 2.75) is 17.7 Å². The first-order chi connectivity index (χ1) is 8.20. The average Bonchev–Trinajstić information content (AvgIpc) is 2.69. The lowest BCUT2D eigenvalue weighted by Crippen LogP contribution is -2.23. The van der Waals surface area contributed by atoms with Crippen molar-refractivity contribution in [1.82, 2.24) is 0 Å². The van der Waals surface area contributed by atoms with Gasteiger partial charge in [0.05, 0.1) is 6.42 Å². The van der Waals surface area contributed by atoms with E-state index in [1.165, 1.54) is 5.56 Å². The Kier molecular flexibility index (Phi) is 3.55. The number of carboxylic acid groups (broad SMARTS) is 1. The number of benzene rings is 1. The second-order valence-electron chi connectivity index (χ2n) is 3.86. The van der Waals surface area contributed by atoms with Gasteiger partial charge in [-0.2, -0.15) is 5.26 Å². The van der Waals surface area contributed by atoms with Crippen LogP contribution in [0.15, 0.2) is 23.1 Å². The van der Waals surface area contributed by atoms with Crippen molar-refractivity contribution in [2.75, 3.05) is 18.0 Å². The van der Waals surface area contributed by atoms with Crippen LogP contribution in [0.2, 0.25) is 0 Å². The molecule has 0 saturated heterocycles. The Morgan fingerprint density at radius 3 is 3.12 bits per heavy atom. The Morgan fingerprint density at radius 1 is 1.59 bits per heavy atom. The van der Waals surface area contributed by atoms with Crippen molar-refractivity contribution in [1.29, 1.82) is 5.26 Å². The highest BCUT2D eigenvalue weighted by Gasteiger charge is 2.19. The van der Waals surface area contributed by atoms with Crippen LogP contribution in [-0.2, 0) is 11.2 Å². The molecule has 0 bridgehead atoms. The normalized spacial score (nSPS) is 13.2. The van der Waals surface area contributed by atoms with E-state index in [-0.39, 0.29) is 6.42 Å². The van der Waals surface area contributed by atoms with Crippen LogP contribution < -0.4 is 4.90 Å². The molecule has 1 aromatic carbocycles. The Labute approximate surface area is 104 Å². The summed E-state index contributed by atoms with van der Waals surface area (Å²) in [5.41, 5.74) is 2.31. The van der Waals surface area contributed by atoms with Crippen LogP contribution in [0.3, 0.4) is 0 Å². The molecule has 0 aromatic heterocycles. The highest BCUT2D eigenvalue weighted by Crippen LogP contribution is 2.31. The van der Waals surface area contributed by atoms with Gasteiger partial charge in [-0.25, -0.2) is 0 Å². The van der Waals surface area contributed by atoms with Gasteiger partial charge in [0.1, 0.15) is 5.40 Å². The summed E-state index contributed by atoms with van der Waals surface area (Å²) in [6.07, 6.45) is 1.09. The van der Waals surface area contributed by atoms with Crippen molar-refractivity contribution in [3.05, 3.63) is 23.8 Å². The SMILES string of the molecule is N#CSc1ccc2c(c1)CCN2CCC(=O)O. The van der Waals surface area contributed by atoms with Crippen LogP contribution in [0, 0.1) is 10.7 Å². The van der Waals surface area contributed by atoms with E-state index in [1.54, 1.807) is 0 Å². The molecule has 17 heavy (non-hydrogen) atoms. The molecule has 4 nitrogen and oxygen atoms in total. The first-order valence-corrected chi connectivity index (χ1v) is 6.18. The van der Waals surface area contributed by atoms with E-state index in [0.717, 1.165) is 35.3 Å². The maximum atomic E-state index is 10.5.